The van der Waals surface area contributed by atoms with Gasteiger partial charge >= 0.3 is 12.4 Å². The van der Waals surface area contributed by atoms with Crippen LogP contribution in [-0.4, -0.2) is 137 Å². The summed E-state index contributed by atoms with van der Waals surface area (Å²) < 4.78 is 51.3. The van der Waals surface area contributed by atoms with E-state index in [0.29, 0.717) is 5.56 Å². The smallest absolute Gasteiger partial charge is 0.330 e. The highest BCUT2D eigenvalue weighted by atomic mass is 32.5. The van der Waals surface area contributed by atoms with Crippen LogP contribution in [0, 0.1) is 0 Å². The molecule has 3 aromatic carbocycles. The Kier molecular flexibility index (Phi) is 19.0. The fraction of sp³-hybridized carbons (Fsp3) is 0.533. The monoisotopic (exact) mass is 1310 g/mol. The van der Waals surface area contributed by atoms with Crippen LogP contribution in [0.2, 0.25) is 59.4 Å². The topological polar surface area (TPSA) is 273 Å². The average Bonchev–Trinajstić information content (AvgIpc) is 1.62. The summed E-state index contributed by atoms with van der Waals surface area (Å²) in [7, 11) is -13.0. The van der Waals surface area contributed by atoms with Gasteiger partial charge in [-0.2, -0.15) is 0 Å². The second-order valence-corrected chi connectivity index (χ2v) is 50.5. The summed E-state index contributed by atoms with van der Waals surface area (Å²) in [6, 6.07) is 29.4. The molecule has 6 aromatic rings. The molecule has 10 atom stereocenters. The molecule has 27 heteroatoms. The number of aliphatic hydroxyl groups is 3. The summed E-state index contributed by atoms with van der Waals surface area (Å²) in [5, 5.41) is 41.1. The number of hydrogen-bond acceptors (Lipinski definition) is 17. The molecular weight excluding hydrogens is 1220 g/mol. The second kappa shape index (κ2) is 24.2. The van der Waals surface area contributed by atoms with Gasteiger partial charge in [-0.3, -0.25) is 32.8 Å². The standard InChI is InChI=1S/C60H88N7O14PSSi4/c1-55(2,3)84(13,14)60(73)46(79-85(15,16)56(4,5)6)45(77-53(60)66-35-34-43(68)64-54(66)71)52(70)78-82(74,83)81-59(72)42(36-75-87(58(10,11)12,40-30-24-20-25-31-40)41-32-26-21-27-33-41)76-51(47(59)80-86(17,18)57(7,8)9)67-38-63-44-48(61-37-62-49(44)67)65-50(69)39-28-22-19-23-29-39/h19-35,37-38,42,45-47,51-53,70,72-73H,36H2,1-18H3,(H,74,83)(H,64,68,71)(H,61,62,65,69)/t42-,45+,46-,47+,51-,52?,53-,59+,60+,82?/m1/s1. The Morgan fingerprint density at radius 3 is 1.77 bits per heavy atom. The van der Waals surface area contributed by atoms with E-state index in [4.69, 9.17) is 48.6 Å². The molecule has 0 saturated carbocycles. The van der Waals surface area contributed by atoms with E-state index in [1.54, 1.807) is 30.3 Å². The molecule has 2 unspecified atom stereocenters. The number of benzene rings is 3. The first kappa shape index (κ1) is 68.3. The zero-order valence-corrected chi connectivity index (χ0v) is 58.9. The van der Waals surface area contributed by atoms with Crippen molar-refractivity contribution >= 4 is 84.8 Å². The molecule has 0 aliphatic carbocycles. The molecule has 474 valence electrons. The SMILES string of the molecule is CC(C)(C)[Si](C)(C)O[C@@H]1[C@@H](C(O)OP(O)(=S)O[C@@]2(O)[C@@H](CO[Si](c3ccccc3)(c3ccccc3)C(C)(C)C)O[C@@H](n3cnc4c(NC(=O)c5ccccc5)ncnc43)[C@@H]2O[Si](C)(C)C(C)(C)C)O[C@@H](n2ccc(=O)[nH]c2=O)[C@@]1(O)[Si](C)(C)C(C)(C)C. The van der Waals surface area contributed by atoms with E-state index in [1.807, 2.05) is 162 Å². The van der Waals surface area contributed by atoms with Gasteiger partial charge in [-0.05, 0) is 80.7 Å². The average molecular weight is 1310 g/mol. The van der Waals surface area contributed by atoms with Crippen molar-refractivity contribution in [1.82, 2.24) is 29.1 Å². The van der Waals surface area contributed by atoms with Gasteiger partial charge < -0.3 is 48.3 Å². The van der Waals surface area contributed by atoms with Crippen LogP contribution in [-0.2, 0) is 43.6 Å². The summed E-state index contributed by atoms with van der Waals surface area (Å²) >= 11 is 5.98. The fourth-order valence-electron chi connectivity index (χ4n) is 10.8. The summed E-state index contributed by atoms with van der Waals surface area (Å²) in [6.07, 6.45) is -7.86. The highest BCUT2D eigenvalue weighted by molar-refractivity contribution is 8.07. The van der Waals surface area contributed by atoms with E-state index in [-0.39, 0.29) is 17.0 Å². The molecule has 3 aromatic heterocycles. The molecule has 6 N–H and O–H groups in total. The molecule has 2 aliphatic heterocycles. The number of hydrogen-bond donors (Lipinski definition) is 6. The molecule has 0 radical (unpaired) electrons. The molecule has 2 aliphatic rings. The van der Waals surface area contributed by atoms with E-state index < -0.39 is 138 Å². The molecular formula is C60H88N7O14PSSi4. The summed E-state index contributed by atoms with van der Waals surface area (Å²) in [6.45, 7) is 30.4. The van der Waals surface area contributed by atoms with Gasteiger partial charge in [0, 0.05) is 17.8 Å². The molecule has 5 heterocycles. The number of ether oxygens (including phenoxy) is 2. The third-order valence-electron chi connectivity index (χ3n) is 18.8. The van der Waals surface area contributed by atoms with Crippen LogP contribution in [0.25, 0.3) is 11.2 Å². The lowest BCUT2D eigenvalue weighted by Crippen LogP contribution is -2.70. The first-order valence-corrected chi connectivity index (χ1v) is 42.5. The number of amides is 1. The van der Waals surface area contributed by atoms with Crippen molar-refractivity contribution in [2.45, 2.75) is 197 Å². The van der Waals surface area contributed by atoms with Crippen LogP contribution in [0.15, 0.2) is 126 Å². The number of nitrogens with one attached hydrogen (secondary N) is 2. The van der Waals surface area contributed by atoms with Crippen molar-refractivity contribution in [3.8, 4) is 0 Å². The zero-order valence-electron chi connectivity index (χ0n) is 53.2. The molecule has 0 bridgehead atoms. The van der Waals surface area contributed by atoms with Crippen LogP contribution in [0.3, 0.4) is 0 Å². The highest BCUT2D eigenvalue weighted by Crippen LogP contribution is 2.59. The summed E-state index contributed by atoms with van der Waals surface area (Å²) in [5.41, 5.74) is -0.893. The number of H-pyrrole nitrogens is 1. The van der Waals surface area contributed by atoms with E-state index in [0.717, 1.165) is 21.0 Å². The van der Waals surface area contributed by atoms with Crippen molar-refractivity contribution in [3.05, 3.63) is 142 Å². The minimum atomic E-state index is -5.11. The van der Waals surface area contributed by atoms with Crippen molar-refractivity contribution in [3.63, 3.8) is 0 Å². The largest absolute Gasteiger partial charge is 0.408 e. The molecule has 2 fully saturated rings. The lowest BCUT2D eigenvalue weighted by molar-refractivity contribution is -0.225. The van der Waals surface area contributed by atoms with Crippen LogP contribution in [0.5, 0.6) is 0 Å². The predicted molar refractivity (Wildman–Crippen MR) is 348 cm³/mol. The zero-order chi connectivity index (χ0) is 64.5. The Bertz CT molecular complexity index is 3560. The Labute approximate surface area is 518 Å². The number of rotatable bonds is 19. The number of fused-ring (bicyclic) bond motifs is 1. The number of carbonyl (C=O) groups is 1. The highest BCUT2D eigenvalue weighted by Gasteiger charge is 2.71. The Balaban J connectivity index is 1.29. The second-order valence-electron chi connectivity index (χ2n) is 28.4. The molecule has 8 rings (SSSR count). The quantitative estimate of drug-likeness (QED) is 0.0251. The molecule has 2 saturated heterocycles. The maximum absolute atomic E-state index is 14.1. The fourth-order valence-corrected chi connectivity index (χ4v) is 22.7. The Hall–Kier alpha value is -4.56. The maximum atomic E-state index is 14.1. The number of aromatic nitrogens is 6. The Morgan fingerprint density at radius 2 is 1.26 bits per heavy atom. The molecule has 1 amide bonds. The van der Waals surface area contributed by atoms with Crippen molar-refractivity contribution in [2.24, 2.45) is 0 Å². The summed E-state index contributed by atoms with van der Waals surface area (Å²) in [5.74, 6) is -3.21. The molecule has 21 nitrogen and oxygen atoms in total. The van der Waals surface area contributed by atoms with Gasteiger partial charge in [-0.25, -0.2) is 19.7 Å². The lowest BCUT2D eigenvalue weighted by atomic mass is 10.1. The van der Waals surface area contributed by atoms with E-state index in [1.165, 1.54) is 23.4 Å². The number of carbonyl (C=O) groups excluding carboxylic acids is 1. The first-order valence-electron chi connectivity index (χ1n) is 29.2. The third-order valence-corrected chi connectivity index (χ3v) is 40.5. The van der Waals surface area contributed by atoms with Crippen molar-refractivity contribution in [1.29, 1.82) is 0 Å². The number of imidazole rings is 1. The third kappa shape index (κ3) is 12.9. The molecule has 87 heavy (non-hydrogen) atoms. The number of aromatic amines is 1. The van der Waals surface area contributed by atoms with E-state index in [2.05, 4.69) is 41.0 Å². The van der Waals surface area contributed by atoms with Gasteiger partial charge in [0.05, 0.1) is 21.0 Å². The van der Waals surface area contributed by atoms with Gasteiger partial charge in [0.15, 0.2) is 52.4 Å². The first-order chi connectivity index (χ1) is 40.0. The van der Waals surface area contributed by atoms with Gasteiger partial charge in [-0.15, -0.1) is 0 Å². The van der Waals surface area contributed by atoms with E-state index in [9.17, 15) is 34.6 Å². The molecule has 0 spiro atoms. The minimum absolute atomic E-state index is 0.0804. The van der Waals surface area contributed by atoms with Crippen molar-refractivity contribution in [2.75, 3.05) is 11.9 Å². The minimum Gasteiger partial charge on any atom is -0.408 e. The maximum Gasteiger partial charge on any atom is 0.330 e. The van der Waals surface area contributed by atoms with Gasteiger partial charge in [0.2, 0.25) is 5.79 Å². The van der Waals surface area contributed by atoms with Gasteiger partial charge in [-0.1, -0.05) is 175 Å². The van der Waals surface area contributed by atoms with Crippen LogP contribution < -0.4 is 26.9 Å². The van der Waals surface area contributed by atoms with Crippen LogP contribution >= 0.6 is 6.72 Å². The van der Waals surface area contributed by atoms with E-state index >= 15 is 0 Å². The predicted octanol–water partition coefficient (Wildman–Crippen LogP) is 8.82. The normalized spacial score (nSPS) is 24.7. The van der Waals surface area contributed by atoms with Crippen LogP contribution in [0.1, 0.15) is 106 Å². The van der Waals surface area contributed by atoms with Gasteiger partial charge in [0.25, 0.3) is 19.8 Å². The lowest BCUT2D eigenvalue weighted by Gasteiger charge is -2.53. The number of anilines is 1. The van der Waals surface area contributed by atoms with Crippen molar-refractivity contribution < 1.29 is 56.8 Å². The number of nitrogens with zero attached hydrogens (tertiary/aromatic N) is 5. The number of aliphatic hydroxyl groups excluding tert-OH is 1. The van der Waals surface area contributed by atoms with Crippen LogP contribution in [0.4, 0.5) is 5.82 Å². The Morgan fingerprint density at radius 1 is 0.736 bits per heavy atom. The summed E-state index contributed by atoms with van der Waals surface area (Å²) in [4.78, 5) is 68.9. The van der Waals surface area contributed by atoms with Gasteiger partial charge in [0.1, 0.15) is 36.0 Å².